The van der Waals surface area contributed by atoms with Crippen molar-refractivity contribution in [1.82, 2.24) is 0 Å². The first-order valence-electron chi connectivity index (χ1n) is 6.87. The number of carbonyl (C=O) groups excluding carboxylic acids is 3. The zero-order valence-corrected chi connectivity index (χ0v) is 16.3. The first-order valence-corrected chi connectivity index (χ1v) is 8.46. The van der Waals surface area contributed by atoms with Crippen LogP contribution in [-0.4, -0.2) is 18.1 Å². The molecular weight excluding hydrogens is 440 g/mol. The second kappa shape index (κ2) is 10.00. The number of aldehydes is 1. The van der Waals surface area contributed by atoms with Gasteiger partial charge in [0, 0.05) is 34.0 Å². The summed E-state index contributed by atoms with van der Waals surface area (Å²) >= 11 is 6.54. The van der Waals surface area contributed by atoms with Gasteiger partial charge in [-0.2, -0.15) is 0 Å². The van der Waals surface area contributed by atoms with E-state index in [1.807, 2.05) is 24.3 Å². The third kappa shape index (κ3) is 7.52. The number of carbonyl (C=O) groups is 3. The lowest BCUT2D eigenvalue weighted by Crippen LogP contribution is -2.06. The van der Waals surface area contributed by atoms with Crippen LogP contribution in [0.2, 0.25) is 0 Å². The molecule has 2 aromatic rings. The molecule has 2 aromatic carbocycles. The summed E-state index contributed by atoms with van der Waals surface area (Å²) in [4.78, 5) is 31.7. The number of rotatable bonds is 3. The minimum absolute atomic E-state index is 0.0488. The number of hydrogen-bond donors (Lipinski definition) is 2. The predicted molar refractivity (Wildman–Crippen MR) is 102 cm³/mol. The third-order valence-corrected chi connectivity index (χ3v) is 3.79. The summed E-state index contributed by atoms with van der Waals surface area (Å²) in [6.07, 6.45) is 0.752. The molecule has 5 nitrogen and oxygen atoms in total. The van der Waals surface area contributed by atoms with Crippen molar-refractivity contribution in [3.05, 3.63) is 57.0 Å². The smallest absolute Gasteiger partial charge is 0.221 e. The van der Waals surface area contributed by atoms with Crippen molar-refractivity contribution in [2.75, 3.05) is 10.6 Å². The van der Waals surface area contributed by atoms with Gasteiger partial charge in [0.05, 0.1) is 5.69 Å². The van der Waals surface area contributed by atoms with Gasteiger partial charge >= 0.3 is 0 Å². The molecule has 126 valence electrons. The Kier molecular flexibility index (Phi) is 8.35. The first kappa shape index (κ1) is 20.1. The molecule has 0 fully saturated rings. The monoisotopic (exact) mass is 454 g/mol. The fourth-order valence-electron chi connectivity index (χ4n) is 1.63. The van der Waals surface area contributed by atoms with Crippen molar-refractivity contribution in [2.24, 2.45) is 0 Å². The topological polar surface area (TPSA) is 75.3 Å². The van der Waals surface area contributed by atoms with Crippen LogP contribution in [0.1, 0.15) is 24.2 Å². The lowest BCUT2D eigenvalue weighted by molar-refractivity contribution is -0.115. The van der Waals surface area contributed by atoms with E-state index in [0.29, 0.717) is 15.7 Å². The van der Waals surface area contributed by atoms with Gasteiger partial charge in [-0.3, -0.25) is 14.4 Å². The Morgan fingerprint density at radius 3 is 1.96 bits per heavy atom. The Labute approximate surface area is 157 Å². The van der Waals surface area contributed by atoms with E-state index >= 15 is 0 Å². The van der Waals surface area contributed by atoms with Gasteiger partial charge in [-0.25, -0.2) is 0 Å². The van der Waals surface area contributed by atoms with Crippen LogP contribution in [0.5, 0.6) is 0 Å². The molecule has 24 heavy (non-hydrogen) atoms. The highest BCUT2D eigenvalue weighted by Crippen LogP contribution is 2.22. The van der Waals surface area contributed by atoms with Crippen LogP contribution in [0.3, 0.4) is 0 Å². The summed E-state index contributed by atoms with van der Waals surface area (Å²) in [5.74, 6) is -0.188. The van der Waals surface area contributed by atoms with E-state index in [4.69, 9.17) is 0 Å². The van der Waals surface area contributed by atoms with E-state index in [9.17, 15) is 14.4 Å². The molecule has 0 radical (unpaired) electrons. The van der Waals surface area contributed by atoms with Gasteiger partial charge in [0.2, 0.25) is 11.8 Å². The molecular formula is C17H16Br2N2O3. The normalized spacial score (nSPS) is 9.33. The molecule has 0 spiro atoms. The van der Waals surface area contributed by atoms with Crippen molar-refractivity contribution in [2.45, 2.75) is 13.8 Å². The molecule has 0 aliphatic carbocycles. The summed E-state index contributed by atoms with van der Waals surface area (Å²) in [6.45, 7) is 2.92. The summed E-state index contributed by atoms with van der Waals surface area (Å²) in [5, 5.41) is 5.29. The number of benzene rings is 2. The van der Waals surface area contributed by atoms with E-state index in [0.717, 1.165) is 16.4 Å². The second-order valence-corrected chi connectivity index (χ2v) is 6.50. The Morgan fingerprint density at radius 1 is 0.917 bits per heavy atom. The van der Waals surface area contributed by atoms with Crippen LogP contribution in [0.15, 0.2) is 51.4 Å². The molecule has 0 saturated carbocycles. The van der Waals surface area contributed by atoms with Crippen LogP contribution < -0.4 is 10.6 Å². The maximum atomic E-state index is 10.7. The van der Waals surface area contributed by atoms with Crippen LogP contribution in [0.25, 0.3) is 0 Å². The van der Waals surface area contributed by atoms with Crippen LogP contribution in [0, 0.1) is 0 Å². The Hall–Kier alpha value is -1.99. The average Bonchev–Trinajstić information content (AvgIpc) is 2.51. The van der Waals surface area contributed by atoms with Crippen molar-refractivity contribution < 1.29 is 14.4 Å². The summed E-state index contributed by atoms with van der Waals surface area (Å²) in [6, 6.07) is 12.4. The Balaban J connectivity index is 0.000000243. The summed E-state index contributed by atoms with van der Waals surface area (Å²) < 4.78 is 1.71. The van der Waals surface area contributed by atoms with Crippen LogP contribution >= 0.6 is 31.9 Å². The molecule has 2 N–H and O–H groups in total. The maximum absolute atomic E-state index is 10.7. The zero-order chi connectivity index (χ0) is 18.1. The minimum atomic E-state index is -0.139. The highest BCUT2D eigenvalue weighted by atomic mass is 79.9. The van der Waals surface area contributed by atoms with Crippen molar-refractivity contribution in [3.8, 4) is 0 Å². The number of halogens is 2. The van der Waals surface area contributed by atoms with Crippen molar-refractivity contribution in [1.29, 1.82) is 0 Å². The van der Waals surface area contributed by atoms with E-state index in [2.05, 4.69) is 42.5 Å². The Morgan fingerprint density at radius 2 is 1.50 bits per heavy atom. The summed E-state index contributed by atoms with van der Waals surface area (Å²) in [7, 11) is 0. The first-order chi connectivity index (χ1) is 11.3. The molecule has 0 aliphatic rings. The molecule has 0 aromatic heterocycles. The van der Waals surface area contributed by atoms with Gasteiger partial charge < -0.3 is 10.6 Å². The quantitative estimate of drug-likeness (QED) is 0.662. The predicted octanol–water partition coefficient (Wildman–Crippen LogP) is 4.63. The van der Waals surface area contributed by atoms with E-state index in [1.54, 1.807) is 18.2 Å². The average molecular weight is 456 g/mol. The molecule has 0 saturated heterocycles. The molecule has 0 heterocycles. The van der Waals surface area contributed by atoms with Crippen LogP contribution in [0.4, 0.5) is 11.4 Å². The SMILES string of the molecule is CC(=O)Nc1ccc(Br)cc1.CC(=O)Nc1ccc(C=O)cc1Br. The van der Waals surface area contributed by atoms with Gasteiger partial charge in [-0.05, 0) is 58.4 Å². The van der Waals surface area contributed by atoms with Gasteiger partial charge in [0.15, 0.2) is 0 Å². The minimum Gasteiger partial charge on any atom is -0.326 e. The van der Waals surface area contributed by atoms with Crippen molar-refractivity contribution in [3.63, 3.8) is 0 Å². The second-order valence-electron chi connectivity index (χ2n) is 4.73. The number of amides is 2. The van der Waals surface area contributed by atoms with E-state index in [1.165, 1.54) is 13.8 Å². The van der Waals surface area contributed by atoms with Gasteiger partial charge in [-0.15, -0.1) is 0 Å². The lowest BCUT2D eigenvalue weighted by Gasteiger charge is -2.04. The Bertz CT molecular complexity index is 731. The molecule has 0 atom stereocenters. The number of hydrogen-bond acceptors (Lipinski definition) is 3. The van der Waals surface area contributed by atoms with Crippen LogP contribution in [-0.2, 0) is 9.59 Å². The van der Waals surface area contributed by atoms with Gasteiger partial charge in [0.1, 0.15) is 6.29 Å². The van der Waals surface area contributed by atoms with E-state index < -0.39 is 0 Å². The standard InChI is InChI=1S/C9H8BrNO2.C8H8BrNO/c1-6(13)11-9-3-2-7(5-12)4-8(9)10;1-6(11)10-8-4-2-7(9)3-5-8/h2-5H,1H3,(H,11,13);2-5H,1H3,(H,10,11). The van der Waals surface area contributed by atoms with E-state index in [-0.39, 0.29) is 11.8 Å². The maximum Gasteiger partial charge on any atom is 0.221 e. The molecule has 2 amide bonds. The highest BCUT2D eigenvalue weighted by Gasteiger charge is 2.01. The molecule has 0 aliphatic heterocycles. The molecule has 0 unspecified atom stereocenters. The third-order valence-electron chi connectivity index (χ3n) is 2.60. The molecule has 7 heteroatoms. The molecule has 2 rings (SSSR count). The zero-order valence-electron chi connectivity index (χ0n) is 13.1. The molecule has 0 bridgehead atoms. The highest BCUT2D eigenvalue weighted by molar-refractivity contribution is 9.10. The lowest BCUT2D eigenvalue weighted by atomic mass is 10.2. The fourth-order valence-corrected chi connectivity index (χ4v) is 2.39. The number of anilines is 2. The fraction of sp³-hybridized carbons (Fsp3) is 0.118. The van der Waals surface area contributed by atoms with Gasteiger partial charge in [0.25, 0.3) is 0 Å². The number of nitrogens with one attached hydrogen (secondary N) is 2. The van der Waals surface area contributed by atoms with Gasteiger partial charge in [-0.1, -0.05) is 15.9 Å². The summed E-state index contributed by atoms with van der Waals surface area (Å²) in [5.41, 5.74) is 2.06. The largest absolute Gasteiger partial charge is 0.326 e. The van der Waals surface area contributed by atoms with Crippen molar-refractivity contribution >= 4 is 61.3 Å².